The minimum atomic E-state index is 1.03. The first-order valence-corrected chi connectivity index (χ1v) is 6.04. The molecule has 0 atom stereocenters. The van der Waals surface area contributed by atoms with E-state index in [0.29, 0.717) is 0 Å². The van der Waals surface area contributed by atoms with Crippen LogP contribution in [-0.2, 0) is 6.42 Å². The summed E-state index contributed by atoms with van der Waals surface area (Å²) in [4.78, 5) is 0. The monoisotopic (exact) mass is 300 g/mol. The summed E-state index contributed by atoms with van der Waals surface area (Å²) in [5.41, 5.74) is 5.49. The molecule has 0 radical (unpaired) electrons. The van der Waals surface area contributed by atoms with Crippen molar-refractivity contribution in [3.05, 3.63) is 44.5 Å². The lowest BCUT2D eigenvalue weighted by Crippen LogP contribution is -1.94. The van der Waals surface area contributed by atoms with Gasteiger partial charge in [-0.15, -0.1) is 0 Å². The highest BCUT2D eigenvalue weighted by atomic mass is 127. The molecule has 14 heavy (non-hydrogen) atoms. The first-order chi connectivity index (χ1) is 6.54. The van der Waals surface area contributed by atoms with E-state index in [1.54, 1.807) is 0 Å². The van der Waals surface area contributed by atoms with Crippen LogP contribution in [0.2, 0.25) is 0 Å². The Morgan fingerprint density at radius 2 is 1.93 bits per heavy atom. The molecule has 0 heterocycles. The zero-order chi connectivity index (χ0) is 10.7. The van der Waals surface area contributed by atoms with Gasteiger partial charge in [0.2, 0.25) is 0 Å². The summed E-state index contributed by atoms with van der Waals surface area (Å²) in [6.45, 7) is 10.6. The molecule has 0 aliphatic carbocycles. The summed E-state index contributed by atoms with van der Waals surface area (Å²) < 4.78 is 1.35. The molecule has 0 aromatic heterocycles. The van der Waals surface area contributed by atoms with Gasteiger partial charge in [0.25, 0.3) is 0 Å². The molecule has 0 aliphatic rings. The fourth-order valence-electron chi connectivity index (χ4n) is 1.43. The van der Waals surface area contributed by atoms with Gasteiger partial charge in [-0.25, -0.2) is 0 Å². The van der Waals surface area contributed by atoms with Crippen molar-refractivity contribution in [1.82, 2.24) is 0 Å². The maximum absolute atomic E-state index is 4.06. The van der Waals surface area contributed by atoms with Crippen LogP contribution in [-0.4, -0.2) is 0 Å². The van der Waals surface area contributed by atoms with E-state index < -0.39 is 0 Å². The molecule has 1 aromatic rings. The lowest BCUT2D eigenvalue weighted by atomic mass is 9.98. The normalized spacial score (nSPS) is 10.3. The SMILES string of the molecule is C=C(CC)Cc1cc(C)c(I)cc1C. The third-order valence-corrected chi connectivity index (χ3v) is 3.72. The molecular weight excluding hydrogens is 283 g/mol. The van der Waals surface area contributed by atoms with Gasteiger partial charge < -0.3 is 0 Å². The van der Waals surface area contributed by atoms with Crippen molar-refractivity contribution >= 4 is 22.6 Å². The minimum Gasteiger partial charge on any atom is -0.0995 e. The summed E-state index contributed by atoms with van der Waals surface area (Å²) in [6, 6.07) is 4.55. The second-order valence-corrected chi connectivity index (χ2v) is 4.97. The molecule has 1 heteroatoms. The quantitative estimate of drug-likeness (QED) is 0.573. The maximum Gasteiger partial charge on any atom is 0.0162 e. The van der Waals surface area contributed by atoms with Crippen molar-refractivity contribution in [2.24, 2.45) is 0 Å². The van der Waals surface area contributed by atoms with Crippen LogP contribution in [0.4, 0.5) is 0 Å². The van der Waals surface area contributed by atoms with Gasteiger partial charge in [0.15, 0.2) is 0 Å². The number of benzene rings is 1. The summed E-state index contributed by atoms with van der Waals surface area (Å²) in [6.07, 6.45) is 2.10. The highest BCUT2D eigenvalue weighted by molar-refractivity contribution is 14.1. The maximum atomic E-state index is 4.06. The topological polar surface area (TPSA) is 0 Å². The second kappa shape index (κ2) is 4.96. The largest absolute Gasteiger partial charge is 0.0995 e. The summed E-state index contributed by atoms with van der Waals surface area (Å²) in [5.74, 6) is 0. The van der Waals surface area contributed by atoms with Crippen LogP contribution >= 0.6 is 22.6 Å². The Morgan fingerprint density at radius 1 is 1.29 bits per heavy atom. The number of allylic oxidation sites excluding steroid dienone is 1. The lowest BCUT2D eigenvalue weighted by molar-refractivity contribution is 1.00. The Morgan fingerprint density at radius 3 is 2.50 bits per heavy atom. The van der Waals surface area contributed by atoms with E-state index in [9.17, 15) is 0 Å². The van der Waals surface area contributed by atoms with E-state index in [0.717, 1.165) is 12.8 Å². The highest BCUT2D eigenvalue weighted by Gasteiger charge is 2.03. The van der Waals surface area contributed by atoms with Gasteiger partial charge in [0.1, 0.15) is 0 Å². The molecule has 0 N–H and O–H groups in total. The molecule has 0 amide bonds. The van der Waals surface area contributed by atoms with E-state index >= 15 is 0 Å². The van der Waals surface area contributed by atoms with Crippen LogP contribution < -0.4 is 0 Å². The first kappa shape index (κ1) is 11.8. The van der Waals surface area contributed by atoms with Gasteiger partial charge in [0.05, 0.1) is 0 Å². The van der Waals surface area contributed by atoms with Crippen LogP contribution in [0.25, 0.3) is 0 Å². The molecule has 0 spiro atoms. The molecule has 0 nitrogen and oxygen atoms in total. The molecule has 0 aliphatic heterocycles. The molecule has 0 unspecified atom stereocenters. The fourth-order valence-corrected chi connectivity index (χ4v) is 2.05. The van der Waals surface area contributed by atoms with Crippen molar-refractivity contribution in [2.75, 3.05) is 0 Å². The van der Waals surface area contributed by atoms with Gasteiger partial charge in [-0.05, 0) is 72.0 Å². The summed E-state index contributed by atoms with van der Waals surface area (Å²) in [7, 11) is 0. The number of rotatable bonds is 3. The van der Waals surface area contributed by atoms with Crippen LogP contribution in [0.5, 0.6) is 0 Å². The third kappa shape index (κ3) is 2.84. The van der Waals surface area contributed by atoms with E-state index in [4.69, 9.17) is 0 Å². The number of halogens is 1. The number of aryl methyl sites for hydroxylation is 2. The van der Waals surface area contributed by atoms with E-state index in [1.807, 2.05) is 0 Å². The highest BCUT2D eigenvalue weighted by Crippen LogP contribution is 2.20. The van der Waals surface area contributed by atoms with E-state index in [1.165, 1.54) is 25.8 Å². The Kier molecular flexibility index (Phi) is 4.17. The Balaban J connectivity index is 2.98. The summed E-state index contributed by atoms with van der Waals surface area (Å²) >= 11 is 2.39. The first-order valence-electron chi connectivity index (χ1n) is 4.97. The predicted molar refractivity (Wildman–Crippen MR) is 71.8 cm³/mol. The molecule has 0 saturated heterocycles. The Bertz CT molecular complexity index is 350. The molecule has 0 saturated carbocycles. The van der Waals surface area contributed by atoms with Crippen LogP contribution in [0.1, 0.15) is 30.0 Å². The van der Waals surface area contributed by atoms with Gasteiger partial charge >= 0.3 is 0 Å². The number of hydrogen-bond acceptors (Lipinski definition) is 0. The number of hydrogen-bond donors (Lipinski definition) is 0. The van der Waals surface area contributed by atoms with Gasteiger partial charge in [-0.3, -0.25) is 0 Å². The average Bonchev–Trinajstić information content (AvgIpc) is 2.14. The van der Waals surface area contributed by atoms with Crippen LogP contribution in [0.3, 0.4) is 0 Å². The molecule has 1 aromatic carbocycles. The fraction of sp³-hybridized carbons (Fsp3) is 0.385. The molecule has 0 fully saturated rings. The third-order valence-electron chi connectivity index (χ3n) is 2.56. The summed E-state index contributed by atoms with van der Waals surface area (Å²) in [5, 5.41) is 0. The predicted octanol–water partition coefficient (Wildman–Crippen LogP) is 4.42. The van der Waals surface area contributed by atoms with Crippen LogP contribution in [0.15, 0.2) is 24.3 Å². The van der Waals surface area contributed by atoms with Crippen molar-refractivity contribution < 1.29 is 0 Å². The lowest BCUT2D eigenvalue weighted by Gasteiger charge is -2.09. The zero-order valence-electron chi connectivity index (χ0n) is 9.15. The molecular formula is C13H17I. The van der Waals surface area contributed by atoms with Crippen LogP contribution in [0, 0.1) is 17.4 Å². The standard InChI is InChI=1S/C13H17I/c1-5-9(2)6-12-7-11(4)13(14)8-10(12)3/h7-8H,2,5-6H2,1,3-4H3. The minimum absolute atomic E-state index is 1.03. The van der Waals surface area contributed by atoms with Gasteiger partial charge in [-0.1, -0.05) is 25.1 Å². The van der Waals surface area contributed by atoms with E-state index in [2.05, 4.69) is 62.1 Å². The zero-order valence-corrected chi connectivity index (χ0v) is 11.3. The smallest absolute Gasteiger partial charge is 0.0162 e. The van der Waals surface area contributed by atoms with E-state index in [-0.39, 0.29) is 0 Å². The van der Waals surface area contributed by atoms with Crippen molar-refractivity contribution in [2.45, 2.75) is 33.6 Å². The second-order valence-electron chi connectivity index (χ2n) is 3.81. The molecule has 1 rings (SSSR count). The Hall–Kier alpha value is -0.310. The van der Waals surface area contributed by atoms with Gasteiger partial charge in [-0.2, -0.15) is 0 Å². The Labute approximate surface area is 101 Å². The van der Waals surface area contributed by atoms with Crippen molar-refractivity contribution in [3.8, 4) is 0 Å². The van der Waals surface area contributed by atoms with Crippen molar-refractivity contribution in [1.29, 1.82) is 0 Å². The molecule has 76 valence electrons. The molecule has 0 bridgehead atoms. The van der Waals surface area contributed by atoms with Crippen molar-refractivity contribution in [3.63, 3.8) is 0 Å². The van der Waals surface area contributed by atoms with Gasteiger partial charge in [0, 0.05) is 3.57 Å². The average molecular weight is 300 g/mol.